The molecule has 0 bridgehead atoms. The van der Waals surface area contributed by atoms with Crippen LogP contribution in [0.4, 0.5) is 0 Å². The van der Waals surface area contributed by atoms with Crippen LogP contribution in [-0.2, 0) is 17.9 Å². The van der Waals surface area contributed by atoms with Crippen LogP contribution in [-0.4, -0.2) is 42.9 Å². The first kappa shape index (κ1) is 20.6. The average molecular weight is 401 g/mol. The van der Waals surface area contributed by atoms with E-state index in [1.54, 1.807) is 0 Å². The Morgan fingerprint density at radius 3 is 2.50 bits per heavy atom. The maximum atomic E-state index is 12.3. The smallest absolute Gasteiger partial charge is 0.230 e. The van der Waals surface area contributed by atoms with Gasteiger partial charge in [0.2, 0.25) is 5.91 Å². The molecular formula is C22H28N2O3S. The number of nitrogens with one attached hydrogen (secondary N) is 1. The Morgan fingerprint density at radius 1 is 1.04 bits per heavy atom. The van der Waals surface area contributed by atoms with E-state index in [4.69, 9.17) is 9.47 Å². The van der Waals surface area contributed by atoms with Gasteiger partial charge in [0.05, 0.1) is 5.75 Å². The fourth-order valence-corrected chi connectivity index (χ4v) is 3.83. The highest BCUT2D eigenvalue weighted by Crippen LogP contribution is 2.34. The monoisotopic (exact) mass is 400 g/mol. The van der Waals surface area contributed by atoms with Crippen molar-refractivity contribution in [2.45, 2.75) is 31.8 Å². The van der Waals surface area contributed by atoms with Gasteiger partial charge in [-0.05, 0) is 42.4 Å². The van der Waals surface area contributed by atoms with Crippen LogP contribution >= 0.6 is 11.8 Å². The van der Waals surface area contributed by atoms with E-state index >= 15 is 0 Å². The molecule has 0 aromatic heterocycles. The molecule has 0 saturated carbocycles. The number of ether oxygens (including phenoxy) is 2. The van der Waals surface area contributed by atoms with Gasteiger partial charge in [-0.25, -0.2) is 0 Å². The van der Waals surface area contributed by atoms with Crippen molar-refractivity contribution < 1.29 is 14.3 Å². The number of hydrogen-bond acceptors (Lipinski definition) is 5. The van der Waals surface area contributed by atoms with Crippen molar-refractivity contribution in [2.75, 3.05) is 32.1 Å². The molecule has 0 aliphatic carbocycles. The Morgan fingerprint density at radius 2 is 1.75 bits per heavy atom. The van der Waals surface area contributed by atoms with Crippen molar-refractivity contribution in [1.82, 2.24) is 10.2 Å². The molecule has 6 heteroatoms. The van der Waals surface area contributed by atoms with Gasteiger partial charge in [0.25, 0.3) is 0 Å². The van der Waals surface area contributed by atoms with Crippen molar-refractivity contribution in [3.05, 3.63) is 53.6 Å². The predicted molar refractivity (Wildman–Crippen MR) is 113 cm³/mol. The normalized spacial score (nSPS) is 12.8. The van der Waals surface area contributed by atoms with Gasteiger partial charge in [-0.3, -0.25) is 9.69 Å². The van der Waals surface area contributed by atoms with E-state index in [2.05, 4.69) is 42.3 Å². The summed E-state index contributed by atoms with van der Waals surface area (Å²) in [6.45, 7) is 8.98. The molecule has 1 amide bonds. The Hall–Kier alpha value is -2.18. The zero-order chi connectivity index (χ0) is 19.8. The van der Waals surface area contributed by atoms with Gasteiger partial charge in [0.1, 0.15) is 13.2 Å². The number of fused-ring (bicyclic) bond motifs is 1. The van der Waals surface area contributed by atoms with Crippen LogP contribution in [0.2, 0.25) is 0 Å². The molecule has 1 heterocycles. The largest absolute Gasteiger partial charge is 0.486 e. The van der Waals surface area contributed by atoms with Crippen LogP contribution in [0.15, 0.2) is 47.4 Å². The standard InChI is InChI=1S/C22H28N2O3S/c1-3-24(4-2)15-18-8-6-5-7-17(18)14-23-22(25)16-28-19-9-10-20-21(13-19)27-12-11-26-20/h5-10,13H,3-4,11-12,14-16H2,1-2H3,(H,23,25). The van der Waals surface area contributed by atoms with Gasteiger partial charge >= 0.3 is 0 Å². The Balaban J connectivity index is 1.51. The third-order valence-corrected chi connectivity index (χ3v) is 5.76. The molecule has 2 aromatic carbocycles. The lowest BCUT2D eigenvalue weighted by Gasteiger charge is -2.20. The van der Waals surface area contributed by atoms with Crippen molar-refractivity contribution in [2.24, 2.45) is 0 Å². The molecule has 150 valence electrons. The lowest BCUT2D eigenvalue weighted by atomic mass is 10.1. The van der Waals surface area contributed by atoms with Gasteiger partial charge in [-0.1, -0.05) is 38.1 Å². The molecule has 0 unspecified atom stereocenters. The molecule has 1 aliphatic rings. The highest BCUT2D eigenvalue weighted by molar-refractivity contribution is 8.00. The average Bonchev–Trinajstić information content (AvgIpc) is 2.75. The third-order valence-electron chi connectivity index (χ3n) is 4.77. The predicted octanol–water partition coefficient (Wildman–Crippen LogP) is 3.71. The highest BCUT2D eigenvalue weighted by Gasteiger charge is 2.13. The first-order chi connectivity index (χ1) is 13.7. The molecule has 0 fully saturated rings. The van der Waals surface area contributed by atoms with Gasteiger partial charge in [0.15, 0.2) is 11.5 Å². The van der Waals surface area contributed by atoms with Crippen molar-refractivity contribution in [3.63, 3.8) is 0 Å². The van der Waals surface area contributed by atoms with E-state index in [0.717, 1.165) is 36.0 Å². The molecule has 5 nitrogen and oxygen atoms in total. The first-order valence-electron chi connectivity index (χ1n) is 9.78. The summed E-state index contributed by atoms with van der Waals surface area (Å²) >= 11 is 1.50. The summed E-state index contributed by atoms with van der Waals surface area (Å²) in [5.41, 5.74) is 2.44. The van der Waals surface area contributed by atoms with E-state index in [-0.39, 0.29) is 5.91 Å². The summed E-state index contributed by atoms with van der Waals surface area (Å²) in [4.78, 5) is 15.7. The van der Waals surface area contributed by atoms with Crippen LogP contribution < -0.4 is 14.8 Å². The number of carbonyl (C=O) groups is 1. The van der Waals surface area contributed by atoms with E-state index < -0.39 is 0 Å². The molecule has 0 atom stereocenters. The lowest BCUT2D eigenvalue weighted by molar-refractivity contribution is -0.118. The second-order valence-corrected chi connectivity index (χ2v) is 7.65. The number of thioether (sulfide) groups is 1. The van der Waals surface area contributed by atoms with Crippen molar-refractivity contribution >= 4 is 17.7 Å². The molecule has 28 heavy (non-hydrogen) atoms. The zero-order valence-corrected chi connectivity index (χ0v) is 17.4. The Kier molecular flexibility index (Phi) is 7.62. The minimum atomic E-state index is 0.0255. The first-order valence-corrected chi connectivity index (χ1v) is 10.8. The summed E-state index contributed by atoms with van der Waals surface area (Å²) in [6, 6.07) is 14.1. The summed E-state index contributed by atoms with van der Waals surface area (Å²) in [5.74, 6) is 1.92. The van der Waals surface area contributed by atoms with Crippen LogP contribution in [0.5, 0.6) is 11.5 Å². The molecule has 0 spiro atoms. The summed E-state index contributed by atoms with van der Waals surface area (Å²) in [7, 11) is 0. The maximum absolute atomic E-state index is 12.3. The van der Waals surface area contributed by atoms with Gasteiger partial charge < -0.3 is 14.8 Å². The molecule has 1 N–H and O–H groups in total. The van der Waals surface area contributed by atoms with E-state index in [1.165, 1.54) is 22.9 Å². The van der Waals surface area contributed by atoms with Gasteiger partial charge in [0, 0.05) is 18.0 Å². The zero-order valence-electron chi connectivity index (χ0n) is 16.6. The van der Waals surface area contributed by atoms with E-state index in [1.807, 2.05) is 24.3 Å². The highest BCUT2D eigenvalue weighted by atomic mass is 32.2. The minimum absolute atomic E-state index is 0.0255. The summed E-state index contributed by atoms with van der Waals surface area (Å²) < 4.78 is 11.1. The SMILES string of the molecule is CCN(CC)Cc1ccccc1CNC(=O)CSc1ccc2c(c1)OCCO2. The van der Waals surface area contributed by atoms with Crippen molar-refractivity contribution in [1.29, 1.82) is 0 Å². The van der Waals surface area contributed by atoms with E-state index in [0.29, 0.717) is 25.5 Å². The Labute approximate surface area is 171 Å². The quantitative estimate of drug-likeness (QED) is 0.651. The second kappa shape index (κ2) is 10.4. The fourth-order valence-electron chi connectivity index (χ4n) is 3.08. The number of carbonyl (C=O) groups excluding carboxylic acids is 1. The van der Waals surface area contributed by atoms with Crippen LogP contribution in [0.1, 0.15) is 25.0 Å². The molecular weight excluding hydrogens is 372 g/mol. The lowest BCUT2D eigenvalue weighted by Crippen LogP contribution is -2.27. The second-order valence-electron chi connectivity index (χ2n) is 6.60. The number of benzene rings is 2. The van der Waals surface area contributed by atoms with Gasteiger partial charge in [-0.2, -0.15) is 0 Å². The number of hydrogen-bond donors (Lipinski definition) is 1. The molecule has 2 aromatic rings. The minimum Gasteiger partial charge on any atom is -0.486 e. The maximum Gasteiger partial charge on any atom is 0.230 e. The number of amides is 1. The van der Waals surface area contributed by atoms with Gasteiger partial charge in [-0.15, -0.1) is 11.8 Å². The fraction of sp³-hybridized carbons (Fsp3) is 0.409. The molecule has 1 aliphatic heterocycles. The number of nitrogens with zero attached hydrogens (tertiary/aromatic N) is 1. The molecule has 0 saturated heterocycles. The molecule has 0 radical (unpaired) electrons. The van der Waals surface area contributed by atoms with Crippen molar-refractivity contribution in [3.8, 4) is 11.5 Å². The van der Waals surface area contributed by atoms with E-state index in [9.17, 15) is 4.79 Å². The third kappa shape index (κ3) is 5.66. The topological polar surface area (TPSA) is 50.8 Å². The molecule has 3 rings (SSSR count). The van der Waals surface area contributed by atoms with Crippen LogP contribution in [0, 0.1) is 0 Å². The van der Waals surface area contributed by atoms with Crippen LogP contribution in [0.3, 0.4) is 0 Å². The Bertz CT molecular complexity index is 793. The summed E-state index contributed by atoms with van der Waals surface area (Å²) in [6.07, 6.45) is 0. The summed E-state index contributed by atoms with van der Waals surface area (Å²) in [5, 5.41) is 3.05. The number of rotatable bonds is 9. The van der Waals surface area contributed by atoms with Crippen LogP contribution in [0.25, 0.3) is 0 Å².